The number of fused-ring (bicyclic) bond motifs is 1. The Morgan fingerprint density at radius 3 is 2.83 bits per heavy atom. The minimum atomic E-state index is 0.0394. The molecule has 3 atom stereocenters. The van der Waals surface area contributed by atoms with Gasteiger partial charge < -0.3 is 9.47 Å². The summed E-state index contributed by atoms with van der Waals surface area (Å²) >= 11 is 0. The molecule has 23 heavy (non-hydrogen) atoms. The second-order valence-electron chi connectivity index (χ2n) is 6.68. The van der Waals surface area contributed by atoms with E-state index in [0.717, 1.165) is 17.7 Å². The summed E-state index contributed by atoms with van der Waals surface area (Å²) < 4.78 is 10.5. The first kappa shape index (κ1) is 15.8. The third-order valence-electron chi connectivity index (χ3n) is 5.43. The van der Waals surface area contributed by atoms with Gasteiger partial charge in [0.05, 0.1) is 20.4 Å². The fourth-order valence-corrected chi connectivity index (χ4v) is 4.03. The van der Waals surface area contributed by atoms with E-state index >= 15 is 0 Å². The van der Waals surface area contributed by atoms with E-state index in [4.69, 9.17) is 9.47 Å². The van der Waals surface area contributed by atoms with Crippen LogP contribution in [0.25, 0.3) is 0 Å². The summed E-state index contributed by atoms with van der Waals surface area (Å²) in [5.41, 5.74) is 3.67. The van der Waals surface area contributed by atoms with Crippen LogP contribution >= 0.6 is 0 Å². The predicted octanol–water partition coefficient (Wildman–Crippen LogP) is 2.98. The van der Waals surface area contributed by atoms with Crippen LogP contribution in [0.15, 0.2) is 23.3 Å². The molecule has 1 N–H and O–H groups in total. The molecule has 1 aromatic rings. The number of hydrazone groups is 1. The summed E-state index contributed by atoms with van der Waals surface area (Å²) in [6.07, 6.45) is 6.41. The quantitative estimate of drug-likeness (QED) is 0.671. The zero-order valence-corrected chi connectivity index (χ0v) is 14.0. The van der Waals surface area contributed by atoms with Gasteiger partial charge in [-0.2, -0.15) is 5.10 Å². The smallest absolute Gasteiger partial charge is 0.244 e. The van der Waals surface area contributed by atoms with Crippen LogP contribution in [0.2, 0.25) is 0 Å². The van der Waals surface area contributed by atoms with E-state index in [1.165, 1.54) is 19.3 Å². The number of benzene rings is 1. The first-order valence-corrected chi connectivity index (χ1v) is 8.15. The molecule has 0 radical (unpaired) electrons. The molecule has 0 aromatic heterocycles. The molecule has 1 amide bonds. The SMILES string of the molecule is COc1ccc(OC)c(/C=N/NC(=O)[C@@H]2[C@H]3CCCC[C@]32C)c1. The molecular weight excluding hydrogens is 292 g/mol. The highest BCUT2D eigenvalue weighted by atomic mass is 16.5. The van der Waals surface area contributed by atoms with E-state index in [9.17, 15) is 4.79 Å². The molecule has 0 unspecified atom stereocenters. The first-order chi connectivity index (χ1) is 11.1. The fraction of sp³-hybridized carbons (Fsp3) is 0.556. The zero-order valence-electron chi connectivity index (χ0n) is 14.0. The Morgan fingerprint density at radius 1 is 1.35 bits per heavy atom. The Kier molecular flexibility index (Phi) is 4.28. The van der Waals surface area contributed by atoms with Crippen molar-refractivity contribution in [2.45, 2.75) is 32.6 Å². The van der Waals surface area contributed by atoms with Gasteiger partial charge in [0, 0.05) is 11.5 Å². The lowest BCUT2D eigenvalue weighted by molar-refractivity contribution is -0.123. The van der Waals surface area contributed by atoms with Crippen LogP contribution < -0.4 is 14.9 Å². The molecule has 2 aliphatic carbocycles. The fourth-order valence-electron chi connectivity index (χ4n) is 4.03. The largest absolute Gasteiger partial charge is 0.497 e. The van der Waals surface area contributed by atoms with Crippen LogP contribution in [0.1, 0.15) is 38.2 Å². The van der Waals surface area contributed by atoms with Crippen molar-refractivity contribution in [1.29, 1.82) is 0 Å². The van der Waals surface area contributed by atoms with E-state index in [1.54, 1.807) is 20.4 Å². The Hall–Kier alpha value is -2.04. The molecule has 5 heteroatoms. The molecule has 1 aromatic carbocycles. The van der Waals surface area contributed by atoms with Crippen molar-refractivity contribution in [2.75, 3.05) is 14.2 Å². The topological polar surface area (TPSA) is 59.9 Å². The van der Waals surface area contributed by atoms with Crippen molar-refractivity contribution in [1.82, 2.24) is 5.43 Å². The zero-order chi connectivity index (χ0) is 16.4. The third-order valence-corrected chi connectivity index (χ3v) is 5.43. The molecule has 0 heterocycles. The minimum absolute atomic E-state index is 0.0394. The summed E-state index contributed by atoms with van der Waals surface area (Å²) in [5.74, 6) is 2.11. The molecule has 2 aliphatic rings. The number of carbonyl (C=O) groups is 1. The standard InChI is InChI=1S/C18H24N2O3/c1-18-9-5-4-6-14(18)16(18)17(21)20-19-11-12-10-13(22-2)7-8-15(12)23-3/h7-8,10-11,14,16H,4-6,9H2,1-3H3,(H,20,21)/b19-11+/t14-,16+,18-/m1/s1. The summed E-state index contributed by atoms with van der Waals surface area (Å²) in [5, 5.41) is 4.12. The molecular formula is C18H24N2O3. The van der Waals surface area contributed by atoms with E-state index in [2.05, 4.69) is 17.5 Å². The van der Waals surface area contributed by atoms with E-state index in [0.29, 0.717) is 11.7 Å². The number of nitrogens with zero attached hydrogens (tertiary/aromatic N) is 1. The Balaban J connectivity index is 1.64. The van der Waals surface area contributed by atoms with Crippen molar-refractivity contribution < 1.29 is 14.3 Å². The van der Waals surface area contributed by atoms with Gasteiger partial charge in [-0.1, -0.05) is 19.8 Å². The van der Waals surface area contributed by atoms with Crippen molar-refractivity contribution in [3.05, 3.63) is 23.8 Å². The molecule has 2 fully saturated rings. The lowest BCUT2D eigenvalue weighted by atomic mass is 9.90. The van der Waals surface area contributed by atoms with Crippen LogP contribution in [-0.2, 0) is 4.79 Å². The molecule has 0 aliphatic heterocycles. The van der Waals surface area contributed by atoms with Gasteiger partial charge >= 0.3 is 0 Å². The monoisotopic (exact) mass is 316 g/mol. The number of methoxy groups -OCH3 is 2. The second-order valence-corrected chi connectivity index (χ2v) is 6.68. The van der Waals surface area contributed by atoms with Gasteiger partial charge in [-0.05, 0) is 42.4 Å². The van der Waals surface area contributed by atoms with Crippen LogP contribution in [0.5, 0.6) is 11.5 Å². The summed E-state index contributed by atoms with van der Waals surface area (Å²) in [6.45, 7) is 2.23. The van der Waals surface area contributed by atoms with Crippen molar-refractivity contribution >= 4 is 12.1 Å². The minimum Gasteiger partial charge on any atom is -0.497 e. The van der Waals surface area contributed by atoms with E-state index < -0.39 is 0 Å². The highest BCUT2D eigenvalue weighted by Gasteiger charge is 2.64. The maximum atomic E-state index is 12.4. The van der Waals surface area contributed by atoms with Crippen molar-refractivity contribution in [3.63, 3.8) is 0 Å². The maximum Gasteiger partial charge on any atom is 0.244 e. The van der Waals surface area contributed by atoms with E-state index in [-0.39, 0.29) is 17.2 Å². The second kappa shape index (κ2) is 6.22. The normalized spacial score (nSPS) is 29.0. The predicted molar refractivity (Wildman–Crippen MR) is 88.8 cm³/mol. The van der Waals surface area contributed by atoms with Gasteiger partial charge in [0.1, 0.15) is 11.5 Å². The van der Waals surface area contributed by atoms with Crippen LogP contribution in [-0.4, -0.2) is 26.3 Å². The number of rotatable bonds is 5. The van der Waals surface area contributed by atoms with E-state index in [1.807, 2.05) is 18.2 Å². The highest BCUT2D eigenvalue weighted by molar-refractivity contribution is 5.87. The van der Waals surface area contributed by atoms with Gasteiger partial charge in [-0.15, -0.1) is 0 Å². The lowest BCUT2D eigenvalue weighted by Crippen LogP contribution is -2.22. The molecule has 0 bridgehead atoms. The van der Waals surface area contributed by atoms with Gasteiger partial charge in [0.15, 0.2) is 0 Å². The van der Waals surface area contributed by atoms with Gasteiger partial charge in [-0.3, -0.25) is 4.79 Å². The van der Waals surface area contributed by atoms with Gasteiger partial charge in [0.2, 0.25) is 5.91 Å². The number of ether oxygens (including phenoxy) is 2. The number of hydrogen-bond donors (Lipinski definition) is 1. The number of carbonyl (C=O) groups excluding carboxylic acids is 1. The molecule has 124 valence electrons. The third kappa shape index (κ3) is 2.92. The van der Waals surface area contributed by atoms with Crippen LogP contribution in [0.4, 0.5) is 0 Å². The van der Waals surface area contributed by atoms with Crippen molar-refractivity contribution in [2.24, 2.45) is 22.4 Å². The highest BCUT2D eigenvalue weighted by Crippen LogP contribution is 2.66. The lowest BCUT2D eigenvalue weighted by Gasteiger charge is -2.15. The maximum absolute atomic E-state index is 12.4. The number of hydrogen-bond acceptors (Lipinski definition) is 4. The molecule has 0 spiro atoms. The first-order valence-electron chi connectivity index (χ1n) is 8.15. The number of amides is 1. The summed E-state index contributed by atoms with van der Waals surface area (Å²) in [7, 11) is 3.22. The Bertz CT molecular complexity index is 629. The average Bonchev–Trinajstić information content (AvgIpc) is 3.20. The number of nitrogens with one attached hydrogen (secondary N) is 1. The van der Waals surface area contributed by atoms with Crippen LogP contribution in [0.3, 0.4) is 0 Å². The van der Waals surface area contributed by atoms with Gasteiger partial charge in [0.25, 0.3) is 0 Å². The average molecular weight is 316 g/mol. The molecule has 5 nitrogen and oxygen atoms in total. The van der Waals surface area contributed by atoms with Crippen molar-refractivity contribution in [3.8, 4) is 11.5 Å². The molecule has 3 rings (SSSR count). The molecule has 0 saturated heterocycles. The summed E-state index contributed by atoms with van der Waals surface area (Å²) in [6, 6.07) is 5.47. The Morgan fingerprint density at radius 2 is 2.17 bits per heavy atom. The molecule has 2 saturated carbocycles. The van der Waals surface area contributed by atoms with Crippen LogP contribution in [0, 0.1) is 17.3 Å². The van der Waals surface area contributed by atoms with Gasteiger partial charge in [-0.25, -0.2) is 5.43 Å². The Labute approximate surface area is 137 Å². The summed E-state index contributed by atoms with van der Waals surface area (Å²) in [4.78, 5) is 12.4.